The summed E-state index contributed by atoms with van der Waals surface area (Å²) in [6.07, 6.45) is 5.85. The van der Waals surface area contributed by atoms with Gasteiger partial charge in [-0.25, -0.2) is 4.98 Å². The minimum Gasteiger partial charge on any atom is -0.387 e. The highest BCUT2D eigenvalue weighted by molar-refractivity contribution is 6.03. The monoisotopic (exact) mass is 490 g/mol. The van der Waals surface area contributed by atoms with Crippen molar-refractivity contribution >= 4 is 17.2 Å². The molecule has 1 aliphatic carbocycles. The lowest BCUT2D eigenvalue weighted by Crippen LogP contribution is -2.43. The number of aliphatic hydroxyl groups is 2. The Balaban J connectivity index is 1.50. The number of rotatable bonds is 4. The Labute approximate surface area is 211 Å². The smallest absolute Gasteiger partial charge is 0.291 e. The van der Waals surface area contributed by atoms with Crippen LogP contribution in [0.1, 0.15) is 93.2 Å². The molecule has 2 bridgehead atoms. The van der Waals surface area contributed by atoms with E-state index in [2.05, 4.69) is 41.3 Å². The van der Waals surface area contributed by atoms with Crippen LogP contribution in [0.3, 0.4) is 0 Å². The molecule has 2 fully saturated rings. The van der Waals surface area contributed by atoms with Crippen LogP contribution in [0.5, 0.6) is 0 Å². The molecule has 1 aromatic carbocycles. The number of anilines is 1. The number of amides is 1. The van der Waals surface area contributed by atoms with Crippen LogP contribution in [0.25, 0.3) is 5.57 Å². The number of fused-ring (bicyclic) bond motifs is 2. The Morgan fingerprint density at radius 3 is 2.47 bits per heavy atom. The van der Waals surface area contributed by atoms with E-state index in [1.165, 1.54) is 11.8 Å². The molecule has 5 rings (SSSR count). The van der Waals surface area contributed by atoms with E-state index in [0.717, 1.165) is 30.4 Å². The third kappa shape index (κ3) is 4.26. The van der Waals surface area contributed by atoms with Crippen molar-refractivity contribution in [1.29, 1.82) is 5.26 Å². The second-order valence-corrected chi connectivity index (χ2v) is 11.8. The number of hydrogen-bond acceptors (Lipinski definition) is 6. The average Bonchev–Trinajstić information content (AvgIpc) is 3.36. The summed E-state index contributed by atoms with van der Waals surface area (Å²) in [6, 6.07) is 8.03. The Morgan fingerprint density at radius 1 is 1.19 bits per heavy atom. The summed E-state index contributed by atoms with van der Waals surface area (Å²) >= 11 is 0. The molecule has 36 heavy (non-hydrogen) atoms. The van der Waals surface area contributed by atoms with Gasteiger partial charge in [0.1, 0.15) is 24.0 Å². The first-order valence-corrected chi connectivity index (χ1v) is 12.6. The normalized spacial score (nSPS) is 33.0. The highest BCUT2D eigenvalue weighted by Crippen LogP contribution is 2.53. The first-order chi connectivity index (χ1) is 16.9. The van der Waals surface area contributed by atoms with E-state index < -0.39 is 29.3 Å². The number of nitrogens with one attached hydrogen (secondary N) is 2. The number of imidazole rings is 1. The number of allylic oxidation sites excluding steroid dienone is 2. The maximum absolute atomic E-state index is 12.9. The number of aromatic nitrogens is 2. The molecule has 8 nitrogen and oxygen atoms in total. The number of benzene rings is 1. The molecule has 3 heterocycles. The van der Waals surface area contributed by atoms with Crippen molar-refractivity contribution in [2.45, 2.75) is 89.1 Å². The van der Waals surface area contributed by atoms with Gasteiger partial charge in [0, 0.05) is 11.3 Å². The van der Waals surface area contributed by atoms with E-state index in [0.29, 0.717) is 18.5 Å². The van der Waals surface area contributed by atoms with E-state index in [1.807, 2.05) is 32.0 Å². The molecule has 2 aliphatic heterocycles. The summed E-state index contributed by atoms with van der Waals surface area (Å²) in [5.74, 6) is -0.226. The zero-order valence-corrected chi connectivity index (χ0v) is 21.3. The molecule has 2 saturated heterocycles. The predicted octanol–water partition coefficient (Wildman–Crippen LogP) is 4.27. The molecule has 5 atom stereocenters. The molecule has 4 unspecified atom stereocenters. The lowest BCUT2D eigenvalue weighted by atomic mass is 9.75. The van der Waals surface area contributed by atoms with Gasteiger partial charge in [0.15, 0.2) is 5.82 Å². The third-order valence-electron chi connectivity index (χ3n) is 8.31. The number of ether oxygens (including phenoxy) is 1. The second-order valence-electron chi connectivity index (χ2n) is 11.8. The number of aromatic amines is 1. The molecule has 0 saturated carbocycles. The summed E-state index contributed by atoms with van der Waals surface area (Å²) in [6.45, 7) is 8.27. The van der Waals surface area contributed by atoms with E-state index in [1.54, 1.807) is 0 Å². The van der Waals surface area contributed by atoms with Gasteiger partial charge in [0.25, 0.3) is 5.91 Å². The Morgan fingerprint density at radius 2 is 1.89 bits per heavy atom. The van der Waals surface area contributed by atoms with Crippen LogP contribution in [0, 0.1) is 16.7 Å². The van der Waals surface area contributed by atoms with E-state index in [-0.39, 0.29) is 22.9 Å². The fourth-order valence-corrected chi connectivity index (χ4v) is 6.12. The zero-order valence-electron chi connectivity index (χ0n) is 21.3. The van der Waals surface area contributed by atoms with E-state index in [9.17, 15) is 15.0 Å². The lowest BCUT2D eigenvalue weighted by molar-refractivity contribution is -0.153. The quantitative estimate of drug-likeness (QED) is 0.506. The Bertz CT molecular complexity index is 1250. The van der Waals surface area contributed by atoms with Gasteiger partial charge >= 0.3 is 0 Å². The van der Waals surface area contributed by atoms with Crippen LogP contribution in [-0.4, -0.2) is 49.5 Å². The molecular weight excluding hydrogens is 456 g/mol. The van der Waals surface area contributed by atoms with Crippen LogP contribution in [0.15, 0.2) is 30.5 Å². The Hall–Kier alpha value is -2.99. The highest BCUT2D eigenvalue weighted by atomic mass is 16.6. The van der Waals surface area contributed by atoms with Crippen LogP contribution in [0.2, 0.25) is 0 Å². The van der Waals surface area contributed by atoms with E-state index in [4.69, 9.17) is 10.00 Å². The summed E-state index contributed by atoms with van der Waals surface area (Å²) in [7, 11) is 0. The SMILES string of the molecule is CC1(C)CC=C(c2cc(C3CC4(C)O[C@@](C)(C3)C(O)C4O)ccc2NC(=O)c2ncc(C#N)[nH]2)CC1. The summed E-state index contributed by atoms with van der Waals surface area (Å²) in [5.41, 5.74) is 2.80. The van der Waals surface area contributed by atoms with Crippen LogP contribution < -0.4 is 5.32 Å². The molecule has 8 heteroatoms. The van der Waals surface area contributed by atoms with Gasteiger partial charge in [-0.15, -0.1) is 0 Å². The van der Waals surface area contributed by atoms with Gasteiger partial charge in [-0.05, 0) is 80.6 Å². The predicted molar refractivity (Wildman–Crippen MR) is 135 cm³/mol. The van der Waals surface area contributed by atoms with Crippen molar-refractivity contribution in [1.82, 2.24) is 9.97 Å². The average molecular weight is 491 g/mol. The van der Waals surface area contributed by atoms with Crippen molar-refractivity contribution < 1.29 is 19.7 Å². The molecule has 1 amide bonds. The van der Waals surface area contributed by atoms with Crippen molar-refractivity contribution in [3.63, 3.8) is 0 Å². The molecule has 2 aromatic rings. The number of carbonyl (C=O) groups is 1. The van der Waals surface area contributed by atoms with Crippen molar-refractivity contribution in [3.8, 4) is 6.07 Å². The topological polar surface area (TPSA) is 131 Å². The van der Waals surface area contributed by atoms with Gasteiger partial charge in [-0.3, -0.25) is 4.79 Å². The number of carbonyl (C=O) groups excluding carboxylic acids is 1. The third-order valence-corrected chi connectivity index (χ3v) is 8.31. The molecule has 3 aliphatic rings. The molecule has 190 valence electrons. The fourth-order valence-electron chi connectivity index (χ4n) is 6.12. The highest BCUT2D eigenvalue weighted by Gasteiger charge is 2.61. The Kier molecular flexibility index (Phi) is 5.86. The van der Waals surface area contributed by atoms with Crippen LogP contribution in [0.4, 0.5) is 5.69 Å². The number of nitriles is 1. The molecule has 0 radical (unpaired) electrons. The number of H-pyrrole nitrogens is 1. The first-order valence-electron chi connectivity index (χ1n) is 12.6. The molecule has 0 spiro atoms. The lowest BCUT2D eigenvalue weighted by Gasteiger charge is -2.41. The standard InChI is InChI=1S/C28H34N4O4/c1-26(2)9-7-16(8-10-26)20-11-17(18-12-27(3)22(33)23(34)28(4,13-18)36-27)5-6-21(20)32-25(35)24-30-15-19(14-29)31-24/h5-7,11,15,18,22-23,33-34H,8-10,12-13H2,1-4H3,(H,30,31)(H,32,35)/t18?,22?,23?,27-,28?/m0/s1. The second kappa shape index (κ2) is 8.55. The van der Waals surface area contributed by atoms with Crippen LogP contribution >= 0.6 is 0 Å². The van der Waals surface area contributed by atoms with Gasteiger partial charge < -0.3 is 25.3 Å². The van der Waals surface area contributed by atoms with Crippen molar-refractivity contribution in [2.75, 3.05) is 5.32 Å². The number of hydrogen-bond donors (Lipinski definition) is 4. The van der Waals surface area contributed by atoms with Gasteiger partial charge in [0.2, 0.25) is 0 Å². The van der Waals surface area contributed by atoms with Gasteiger partial charge in [-0.1, -0.05) is 26.0 Å². The summed E-state index contributed by atoms with van der Waals surface area (Å²) < 4.78 is 6.15. The van der Waals surface area contributed by atoms with E-state index >= 15 is 0 Å². The number of aliphatic hydroxyl groups excluding tert-OH is 2. The maximum atomic E-state index is 12.9. The minimum atomic E-state index is -0.930. The van der Waals surface area contributed by atoms with Crippen molar-refractivity contribution in [3.05, 3.63) is 53.1 Å². The summed E-state index contributed by atoms with van der Waals surface area (Å²) in [4.78, 5) is 19.7. The molecular formula is C28H34N4O4. The maximum Gasteiger partial charge on any atom is 0.291 e. The van der Waals surface area contributed by atoms with Crippen LogP contribution in [-0.2, 0) is 4.74 Å². The zero-order chi connectivity index (χ0) is 25.9. The molecule has 4 N–H and O–H groups in total. The van der Waals surface area contributed by atoms with Gasteiger partial charge in [0.05, 0.1) is 17.4 Å². The van der Waals surface area contributed by atoms with Crippen molar-refractivity contribution in [2.24, 2.45) is 5.41 Å². The molecule has 1 aromatic heterocycles. The fraction of sp³-hybridized carbons (Fsp3) is 0.536. The minimum absolute atomic E-state index is 0.0881. The summed E-state index contributed by atoms with van der Waals surface area (Å²) in [5, 5.41) is 33.4. The first kappa shape index (κ1) is 24.7. The van der Waals surface area contributed by atoms with Gasteiger partial charge in [-0.2, -0.15) is 5.26 Å². The number of nitrogens with zero attached hydrogens (tertiary/aromatic N) is 2. The largest absolute Gasteiger partial charge is 0.387 e.